The van der Waals surface area contributed by atoms with Gasteiger partial charge in [-0.15, -0.1) is 0 Å². The van der Waals surface area contributed by atoms with Crippen molar-refractivity contribution in [2.24, 2.45) is 40.2 Å². The van der Waals surface area contributed by atoms with Gasteiger partial charge in [-0.1, -0.05) is 13.8 Å². The van der Waals surface area contributed by atoms with E-state index in [1.54, 1.807) is 0 Å². The van der Waals surface area contributed by atoms with Crippen molar-refractivity contribution in [3.8, 4) is 0 Å². The Bertz CT molecular complexity index is 464. The second kappa shape index (κ2) is 4.70. The fourth-order valence-corrected chi connectivity index (χ4v) is 7.25. The highest BCUT2D eigenvalue weighted by Gasteiger charge is 2.60. The molecule has 4 aliphatic carbocycles. The summed E-state index contributed by atoms with van der Waals surface area (Å²) in [6.45, 7) is 4.83. The van der Waals surface area contributed by atoms with Crippen LogP contribution in [0.15, 0.2) is 0 Å². The van der Waals surface area contributed by atoms with Gasteiger partial charge in [-0.25, -0.2) is 0 Å². The summed E-state index contributed by atoms with van der Waals surface area (Å²) < 4.78 is 0. The summed E-state index contributed by atoms with van der Waals surface area (Å²) in [6.07, 6.45) is 9.74. The Hall–Kier alpha value is -0.120. The van der Waals surface area contributed by atoms with Crippen LogP contribution in [0, 0.1) is 34.5 Å². The molecule has 8 atom stereocenters. The Morgan fingerprint density at radius 2 is 1.59 bits per heavy atom. The molecule has 126 valence electrons. The molecule has 4 fully saturated rings. The Morgan fingerprint density at radius 3 is 2.36 bits per heavy atom. The molecule has 0 saturated heterocycles. The molecule has 0 aromatic rings. The Morgan fingerprint density at radius 1 is 0.864 bits per heavy atom. The highest BCUT2D eigenvalue weighted by atomic mass is 16.3. The summed E-state index contributed by atoms with van der Waals surface area (Å²) in [4.78, 5) is 0. The maximum atomic E-state index is 10.5. The fourth-order valence-electron chi connectivity index (χ4n) is 7.25. The molecule has 0 bridgehead atoms. The summed E-state index contributed by atoms with van der Waals surface area (Å²) in [5, 5.41) is 20.8. The highest BCUT2D eigenvalue weighted by Crippen LogP contribution is 2.66. The minimum atomic E-state index is -0.927. The van der Waals surface area contributed by atoms with Crippen LogP contribution in [0.1, 0.15) is 71.6 Å². The molecule has 4 N–H and O–H groups in total. The van der Waals surface area contributed by atoms with Crippen molar-refractivity contribution in [2.75, 3.05) is 0 Å². The molecular weight excluding hydrogens is 274 g/mol. The third kappa shape index (κ3) is 1.98. The molecule has 3 heteroatoms. The van der Waals surface area contributed by atoms with E-state index in [-0.39, 0.29) is 11.5 Å². The van der Waals surface area contributed by atoms with Gasteiger partial charge in [0.15, 0.2) is 0 Å². The molecule has 0 spiro atoms. The van der Waals surface area contributed by atoms with Crippen LogP contribution in [0.3, 0.4) is 0 Å². The zero-order valence-corrected chi connectivity index (χ0v) is 14.2. The first kappa shape index (κ1) is 15.4. The van der Waals surface area contributed by atoms with Crippen molar-refractivity contribution in [3.05, 3.63) is 0 Å². The lowest BCUT2D eigenvalue weighted by molar-refractivity contribution is -0.153. The van der Waals surface area contributed by atoms with Crippen LogP contribution in [0.5, 0.6) is 0 Å². The maximum absolute atomic E-state index is 10.5. The van der Waals surface area contributed by atoms with Gasteiger partial charge in [0.25, 0.3) is 0 Å². The van der Waals surface area contributed by atoms with Gasteiger partial charge in [-0.3, -0.25) is 0 Å². The quantitative estimate of drug-likeness (QED) is 0.603. The third-order valence-corrected chi connectivity index (χ3v) is 8.71. The second-order valence-electron chi connectivity index (χ2n) is 9.60. The lowest BCUT2D eigenvalue weighted by atomic mass is 9.45. The number of aliphatic hydroxyl groups excluding tert-OH is 1. The SMILES string of the molecule is C[C@]12CCC3C(CC[C@H]4C[C@](N)(O)CC[C@]34C)C1CC[C@@H]2O. The van der Waals surface area contributed by atoms with Crippen molar-refractivity contribution in [1.82, 2.24) is 0 Å². The molecule has 22 heavy (non-hydrogen) atoms. The summed E-state index contributed by atoms with van der Waals surface area (Å²) in [7, 11) is 0. The third-order valence-electron chi connectivity index (χ3n) is 8.71. The largest absolute Gasteiger partial charge is 0.393 e. The van der Waals surface area contributed by atoms with Gasteiger partial charge in [-0.05, 0) is 92.3 Å². The number of nitrogens with two attached hydrogens (primary N) is 1. The Balaban J connectivity index is 1.62. The molecule has 4 rings (SSSR count). The molecule has 4 saturated carbocycles. The first-order valence-corrected chi connectivity index (χ1v) is 9.46. The van der Waals surface area contributed by atoms with E-state index in [4.69, 9.17) is 5.73 Å². The van der Waals surface area contributed by atoms with E-state index in [1.807, 2.05) is 0 Å². The predicted octanol–water partition coefficient (Wildman–Crippen LogP) is 3.04. The van der Waals surface area contributed by atoms with Crippen LogP contribution in [0.25, 0.3) is 0 Å². The van der Waals surface area contributed by atoms with Crippen LogP contribution < -0.4 is 5.73 Å². The van der Waals surface area contributed by atoms with E-state index in [0.717, 1.165) is 43.4 Å². The van der Waals surface area contributed by atoms with Gasteiger partial charge in [-0.2, -0.15) is 0 Å². The number of hydrogen-bond donors (Lipinski definition) is 3. The van der Waals surface area contributed by atoms with E-state index in [9.17, 15) is 10.2 Å². The van der Waals surface area contributed by atoms with E-state index in [0.29, 0.717) is 11.3 Å². The van der Waals surface area contributed by atoms with Crippen LogP contribution in [0.2, 0.25) is 0 Å². The number of rotatable bonds is 0. The topological polar surface area (TPSA) is 66.5 Å². The van der Waals surface area contributed by atoms with Crippen molar-refractivity contribution in [2.45, 2.75) is 83.5 Å². The highest BCUT2D eigenvalue weighted by molar-refractivity contribution is 5.10. The monoisotopic (exact) mass is 307 g/mol. The zero-order chi connectivity index (χ0) is 15.8. The molecule has 0 aromatic carbocycles. The molecule has 0 aromatic heterocycles. The second-order valence-corrected chi connectivity index (χ2v) is 9.60. The van der Waals surface area contributed by atoms with Gasteiger partial charge in [0.2, 0.25) is 0 Å². The van der Waals surface area contributed by atoms with Crippen molar-refractivity contribution >= 4 is 0 Å². The molecule has 0 aliphatic heterocycles. The van der Waals surface area contributed by atoms with E-state index in [1.165, 1.54) is 32.1 Å². The smallest absolute Gasteiger partial charge is 0.113 e. The molecule has 3 nitrogen and oxygen atoms in total. The van der Waals surface area contributed by atoms with Crippen LogP contribution >= 0.6 is 0 Å². The van der Waals surface area contributed by atoms with Gasteiger partial charge >= 0.3 is 0 Å². The van der Waals surface area contributed by atoms with Gasteiger partial charge in [0.05, 0.1) is 6.10 Å². The van der Waals surface area contributed by atoms with E-state index >= 15 is 0 Å². The molecule has 0 heterocycles. The molecule has 3 unspecified atom stereocenters. The van der Waals surface area contributed by atoms with Gasteiger partial charge < -0.3 is 15.9 Å². The van der Waals surface area contributed by atoms with Gasteiger partial charge in [0, 0.05) is 0 Å². The maximum Gasteiger partial charge on any atom is 0.113 e. The molecule has 4 aliphatic rings. The van der Waals surface area contributed by atoms with Crippen molar-refractivity contribution < 1.29 is 10.2 Å². The number of fused-ring (bicyclic) bond motifs is 5. The summed E-state index contributed by atoms with van der Waals surface area (Å²) in [5.74, 6) is 2.89. The lowest BCUT2D eigenvalue weighted by Gasteiger charge is -2.61. The minimum Gasteiger partial charge on any atom is -0.393 e. The number of aliphatic hydroxyl groups is 2. The van der Waals surface area contributed by atoms with Crippen LogP contribution in [-0.4, -0.2) is 22.0 Å². The van der Waals surface area contributed by atoms with Crippen LogP contribution in [0.4, 0.5) is 0 Å². The first-order chi connectivity index (χ1) is 10.3. The summed E-state index contributed by atoms with van der Waals surface area (Å²) in [6, 6.07) is 0. The number of hydrogen-bond acceptors (Lipinski definition) is 3. The zero-order valence-electron chi connectivity index (χ0n) is 14.2. The standard InChI is InChI=1S/C19H33NO2/c1-17-9-10-19(20,22)11-12(17)3-4-13-14-5-6-16(21)18(14,2)8-7-15(13)17/h12-16,21-22H,3-11,20H2,1-2H3/t12-,13?,14?,15?,16-,17-,18-,19+/m0/s1. The normalized spacial score (nSPS) is 61.2. The first-order valence-electron chi connectivity index (χ1n) is 9.46. The average molecular weight is 307 g/mol. The average Bonchev–Trinajstić information content (AvgIpc) is 2.76. The molecular formula is C19H33NO2. The summed E-state index contributed by atoms with van der Waals surface area (Å²) in [5.41, 5.74) is 5.67. The minimum absolute atomic E-state index is 0.0792. The predicted molar refractivity (Wildman–Crippen MR) is 86.9 cm³/mol. The van der Waals surface area contributed by atoms with Crippen molar-refractivity contribution in [3.63, 3.8) is 0 Å². The van der Waals surface area contributed by atoms with E-state index in [2.05, 4.69) is 13.8 Å². The van der Waals surface area contributed by atoms with Crippen LogP contribution in [-0.2, 0) is 0 Å². The lowest BCUT2D eigenvalue weighted by Crippen LogP contribution is -2.58. The van der Waals surface area contributed by atoms with E-state index < -0.39 is 5.72 Å². The fraction of sp³-hybridized carbons (Fsp3) is 1.00. The van der Waals surface area contributed by atoms with Gasteiger partial charge in [0.1, 0.15) is 5.72 Å². The summed E-state index contributed by atoms with van der Waals surface area (Å²) >= 11 is 0. The molecule has 0 radical (unpaired) electrons. The van der Waals surface area contributed by atoms with Crippen molar-refractivity contribution in [1.29, 1.82) is 0 Å². The Kier molecular flexibility index (Phi) is 3.30. The Labute approximate surface area is 134 Å². The molecule has 0 amide bonds.